The van der Waals surface area contributed by atoms with E-state index in [0.717, 1.165) is 44.8 Å². The Labute approximate surface area is 353 Å². The molecule has 2 heterocycles. The zero-order valence-electron chi connectivity index (χ0n) is 33.2. The van der Waals surface area contributed by atoms with Crippen molar-refractivity contribution < 1.29 is 0 Å². The highest BCUT2D eigenvalue weighted by Gasteiger charge is 2.20. The van der Waals surface area contributed by atoms with Crippen molar-refractivity contribution in [2.24, 2.45) is 0 Å². The molecule has 0 atom stereocenters. The summed E-state index contributed by atoms with van der Waals surface area (Å²) in [7, 11) is 0. The van der Waals surface area contributed by atoms with Gasteiger partial charge >= 0.3 is 0 Å². The molecule has 0 saturated heterocycles. The molecule has 10 aromatic carbocycles. The predicted molar refractivity (Wildman–Crippen MR) is 256 cm³/mol. The van der Waals surface area contributed by atoms with Crippen LogP contribution >= 0.6 is 0 Å². The van der Waals surface area contributed by atoms with Gasteiger partial charge in [-0.3, -0.25) is 4.57 Å². The molecule has 0 unspecified atom stereocenters. The lowest BCUT2D eigenvalue weighted by Gasteiger charge is -2.19. The fourth-order valence-corrected chi connectivity index (χ4v) is 9.41. The van der Waals surface area contributed by atoms with Crippen molar-refractivity contribution in [3.63, 3.8) is 0 Å². The normalized spacial score (nSPS) is 11.6. The highest BCUT2D eigenvalue weighted by Crippen LogP contribution is 2.46. The fourth-order valence-electron chi connectivity index (χ4n) is 9.41. The summed E-state index contributed by atoms with van der Waals surface area (Å²) in [6, 6.07) is 80.5. The molecule has 12 rings (SSSR count). The molecule has 0 aliphatic heterocycles. The molecule has 0 N–H and O–H groups in total. The van der Waals surface area contributed by atoms with Crippen LogP contribution in [0.2, 0.25) is 0 Å². The first-order valence-electron chi connectivity index (χ1n) is 20.8. The van der Waals surface area contributed by atoms with Crippen LogP contribution < -0.4 is 0 Å². The first-order chi connectivity index (χ1) is 30.3. The van der Waals surface area contributed by atoms with Crippen LogP contribution in [0.15, 0.2) is 224 Å². The number of para-hydroxylation sites is 2. The minimum absolute atomic E-state index is 0.694. The molecule has 61 heavy (non-hydrogen) atoms. The van der Waals surface area contributed by atoms with Gasteiger partial charge in [-0.2, -0.15) is 0 Å². The van der Waals surface area contributed by atoms with E-state index in [4.69, 9.17) is 9.97 Å². The lowest BCUT2D eigenvalue weighted by atomic mass is 9.84. The van der Waals surface area contributed by atoms with Gasteiger partial charge < -0.3 is 0 Å². The third-order valence-corrected chi connectivity index (χ3v) is 12.2. The molecule has 12 aromatic rings. The Morgan fingerprint density at radius 2 is 0.770 bits per heavy atom. The number of aromatic nitrogens is 3. The van der Waals surface area contributed by atoms with Crippen LogP contribution in [0.1, 0.15) is 0 Å². The zero-order chi connectivity index (χ0) is 40.3. The van der Waals surface area contributed by atoms with Crippen molar-refractivity contribution in [1.82, 2.24) is 14.5 Å². The maximum absolute atomic E-state index is 5.20. The van der Waals surface area contributed by atoms with Gasteiger partial charge in [0.2, 0.25) is 0 Å². The molecule has 0 aliphatic rings. The van der Waals surface area contributed by atoms with Crippen molar-refractivity contribution in [3.05, 3.63) is 224 Å². The van der Waals surface area contributed by atoms with Gasteiger partial charge in [-0.15, -0.1) is 0 Å². The van der Waals surface area contributed by atoms with Gasteiger partial charge in [0.1, 0.15) is 5.82 Å². The standard InChI is InChI=1S/C58H37N3/c1-3-16-42(17-4-1)55-48-23-9-10-24-49(48)56(57-45-20-8-7-15-40(45)35-36-50(55)57)43-33-29-39(30-34-43)38-27-31-41(32-28-38)51-37-54(60-58(59-51)44-18-5-2-6-19-44)61-52-25-13-11-21-46(52)47-22-12-14-26-53(47)61/h1-37H. The number of nitrogens with zero attached hydrogens (tertiary/aromatic N) is 3. The molecule has 2 aromatic heterocycles. The van der Waals surface area contributed by atoms with Gasteiger partial charge in [-0.25, -0.2) is 9.97 Å². The van der Waals surface area contributed by atoms with E-state index in [1.165, 1.54) is 65.3 Å². The van der Waals surface area contributed by atoms with Crippen LogP contribution in [0.3, 0.4) is 0 Å². The predicted octanol–water partition coefficient (Wildman–Crippen LogP) is 15.4. The van der Waals surface area contributed by atoms with Crippen LogP contribution in [0.25, 0.3) is 116 Å². The molecular weight excluding hydrogens is 739 g/mol. The largest absolute Gasteiger partial charge is 0.294 e. The molecule has 0 fully saturated rings. The van der Waals surface area contributed by atoms with Gasteiger partial charge in [0, 0.05) is 28.0 Å². The van der Waals surface area contributed by atoms with Gasteiger partial charge in [-0.05, 0) is 77.8 Å². The zero-order valence-corrected chi connectivity index (χ0v) is 33.2. The van der Waals surface area contributed by atoms with E-state index >= 15 is 0 Å². The van der Waals surface area contributed by atoms with Gasteiger partial charge in [0.15, 0.2) is 5.82 Å². The number of benzene rings is 10. The van der Waals surface area contributed by atoms with E-state index in [2.05, 4.69) is 211 Å². The smallest absolute Gasteiger partial charge is 0.162 e. The summed E-state index contributed by atoms with van der Waals surface area (Å²) in [6.07, 6.45) is 0. The molecule has 3 nitrogen and oxygen atoms in total. The SMILES string of the molecule is c1ccc(-c2nc(-c3ccc(-c4ccc(-c5c6ccccc6c(-c6ccccc6)c6ccc7ccccc7c56)cc4)cc3)cc(-n3c4ccccc4c4ccccc43)n2)cc1. The minimum atomic E-state index is 0.694. The Morgan fingerprint density at radius 3 is 1.41 bits per heavy atom. The van der Waals surface area contributed by atoms with Crippen LogP contribution in [-0.4, -0.2) is 14.5 Å². The molecule has 0 saturated carbocycles. The van der Waals surface area contributed by atoms with Crippen molar-refractivity contribution in [2.75, 3.05) is 0 Å². The summed E-state index contributed by atoms with van der Waals surface area (Å²) >= 11 is 0. The monoisotopic (exact) mass is 775 g/mol. The number of hydrogen-bond acceptors (Lipinski definition) is 2. The van der Waals surface area contributed by atoms with E-state index in [1.807, 2.05) is 18.2 Å². The molecule has 3 heteroatoms. The van der Waals surface area contributed by atoms with Gasteiger partial charge in [0.25, 0.3) is 0 Å². The quantitative estimate of drug-likeness (QED) is 0.124. The summed E-state index contributed by atoms with van der Waals surface area (Å²) in [6.45, 7) is 0. The topological polar surface area (TPSA) is 30.7 Å². The summed E-state index contributed by atoms with van der Waals surface area (Å²) in [5.41, 5.74) is 12.4. The molecule has 284 valence electrons. The van der Waals surface area contributed by atoms with Crippen LogP contribution in [0, 0.1) is 0 Å². The maximum Gasteiger partial charge on any atom is 0.162 e. The van der Waals surface area contributed by atoms with E-state index in [9.17, 15) is 0 Å². The summed E-state index contributed by atoms with van der Waals surface area (Å²) in [4.78, 5) is 10.4. The average molecular weight is 776 g/mol. The first-order valence-corrected chi connectivity index (χ1v) is 20.8. The Kier molecular flexibility index (Phi) is 8.17. The van der Waals surface area contributed by atoms with E-state index in [0.29, 0.717) is 5.82 Å². The van der Waals surface area contributed by atoms with E-state index < -0.39 is 0 Å². The maximum atomic E-state index is 5.20. The van der Waals surface area contributed by atoms with Crippen LogP contribution in [0.4, 0.5) is 0 Å². The van der Waals surface area contributed by atoms with Crippen LogP contribution in [-0.2, 0) is 0 Å². The first kappa shape index (κ1) is 34.9. The van der Waals surface area contributed by atoms with Crippen molar-refractivity contribution in [1.29, 1.82) is 0 Å². The second-order valence-corrected chi connectivity index (χ2v) is 15.7. The number of rotatable bonds is 6. The molecule has 0 radical (unpaired) electrons. The van der Waals surface area contributed by atoms with Gasteiger partial charge in [-0.1, -0.05) is 206 Å². The van der Waals surface area contributed by atoms with Gasteiger partial charge in [0.05, 0.1) is 16.7 Å². The second kappa shape index (κ2) is 14.3. The Bertz CT molecular complexity index is 3550. The third kappa shape index (κ3) is 5.82. The molecule has 0 amide bonds. The van der Waals surface area contributed by atoms with Crippen molar-refractivity contribution in [2.45, 2.75) is 0 Å². The highest BCUT2D eigenvalue weighted by molar-refractivity contribution is 6.28. The number of hydrogen-bond donors (Lipinski definition) is 0. The fraction of sp³-hybridized carbons (Fsp3) is 0. The Balaban J connectivity index is 0.967. The molecular formula is C58H37N3. The second-order valence-electron chi connectivity index (χ2n) is 15.7. The number of fused-ring (bicyclic) bond motifs is 7. The molecule has 0 aliphatic carbocycles. The van der Waals surface area contributed by atoms with Crippen molar-refractivity contribution in [3.8, 4) is 61.8 Å². The summed E-state index contributed by atoms with van der Waals surface area (Å²) in [5.74, 6) is 1.53. The van der Waals surface area contributed by atoms with Crippen molar-refractivity contribution >= 4 is 54.1 Å². The lowest BCUT2D eigenvalue weighted by Crippen LogP contribution is -2.02. The van der Waals surface area contributed by atoms with E-state index in [1.54, 1.807) is 0 Å². The average Bonchev–Trinajstić information content (AvgIpc) is 3.68. The van der Waals surface area contributed by atoms with Crippen LogP contribution in [0.5, 0.6) is 0 Å². The third-order valence-electron chi connectivity index (χ3n) is 12.2. The highest BCUT2D eigenvalue weighted by atomic mass is 15.1. The Morgan fingerprint density at radius 1 is 0.295 bits per heavy atom. The lowest BCUT2D eigenvalue weighted by molar-refractivity contribution is 1.05. The molecule has 0 bridgehead atoms. The summed E-state index contributed by atoms with van der Waals surface area (Å²) < 4.78 is 2.27. The summed E-state index contributed by atoms with van der Waals surface area (Å²) in [5, 5.41) is 9.97. The van der Waals surface area contributed by atoms with E-state index in [-0.39, 0.29) is 0 Å². The Hall–Kier alpha value is -8.14. The minimum Gasteiger partial charge on any atom is -0.294 e. The molecule has 0 spiro atoms.